The lowest BCUT2D eigenvalue weighted by Crippen LogP contribution is -2.25. The van der Waals surface area contributed by atoms with Crippen LogP contribution in [0.5, 0.6) is 0 Å². The molecule has 2 N–H and O–H groups in total. The van der Waals surface area contributed by atoms with E-state index in [4.69, 9.17) is 17.3 Å². The van der Waals surface area contributed by atoms with Crippen LogP contribution in [-0.2, 0) is 10.8 Å². The monoisotopic (exact) mass is 271 g/mol. The molecular formula is C13H18ClNOS. The van der Waals surface area contributed by atoms with Crippen LogP contribution in [0.4, 0.5) is 0 Å². The molecule has 0 radical (unpaired) electrons. The van der Waals surface area contributed by atoms with Gasteiger partial charge in [0.05, 0.1) is 20.7 Å². The number of nitrogens with two attached hydrogens (primary N) is 1. The number of hydrogen-bond donors (Lipinski definition) is 1. The molecule has 0 aliphatic heterocycles. The lowest BCUT2D eigenvalue weighted by atomic mass is 10.0. The molecule has 0 spiro atoms. The van der Waals surface area contributed by atoms with E-state index in [1.165, 1.54) is 12.8 Å². The molecule has 1 saturated carbocycles. The maximum absolute atomic E-state index is 12.1. The highest BCUT2D eigenvalue weighted by molar-refractivity contribution is 7.85. The molecule has 0 amide bonds. The SMILES string of the molecule is NC1CCCC1CCS(=O)c1ccccc1Cl. The summed E-state index contributed by atoms with van der Waals surface area (Å²) in [4.78, 5) is 0.751. The van der Waals surface area contributed by atoms with Gasteiger partial charge in [-0.2, -0.15) is 0 Å². The summed E-state index contributed by atoms with van der Waals surface area (Å²) in [6.07, 6.45) is 4.45. The number of benzene rings is 1. The topological polar surface area (TPSA) is 43.1 Å². The van der Waals surface area contributed by atoms with Crippen LogP contribution in [0, 0.1) is 5.92 Å². The molecule has 1 aromatic rings. The molecule has 2 nitrogen and oxygen atoms in total. The van der Waals surface area contributed by atoms with Crippen molar-refractivity contribution in [3.05, 3.63) is 29.3 Å². The molecule has 3 atom stereocenters. The van der Waals surface area contributed by atoms with E-state index >= 15 is 0 Å². The van der Waals surface area contributed by atoms with E-state index in [1.807, 2.05) is 18.2 Å². The molecule has 2 rings (SSSR count). The Morgan fingerprint density at radius 3 is 2.76 bits per heavy atom. The minimum atomic E-state index is -0.993. The van der Waals surface area contributed by atoms with Gasteiger partial charge in [0, 0.05) is 11.8 Å². The van der Waals surface area contributed by atoms with Crippen molar-refractivity contribution in [2.24, 2.45) is 11.7 Å². The Balaban J connectivity index is 1.91. The molecule has 4 heteroatoms. The third-order valence-electron chi connectivity index (χ3n) is 3.47. The van der Waals surface area contributed by atoms with Crippen LogP contribution in [0.25, 0.3) is 0 Å². The van der Waals surface area contributed by atoms with E-state index in [0.29, 0.717) is 22.7 Å². The number of halogens is 1. The summed E-state index contributed by atoms with van der Waals surface area (Å²) in [5, 5.41) is 0.599. The quantitative estimate of drug-likeness (QED) is 0.915. The highest BCUT2D eigenvalue weighted by Crippen LogP contribution is 2.28. The normalized spacial score (nSPS) is 26.0. The minimum Gasteiger partial charge on any atom is -0.327 e. The Kier molecular flexibility index (Phi) is 4.60. The standard InChI is InChI=1S/C13H18ClNOS/c14-11-5-1-2-7-13(11)17(16)9-8-10-4-3-6-12(10)15/h1-2,5,7,10,12H,3-4,6,8-9,15H2. The van der Waals surface area contributed by atoms with Gasteiger partial charge in [0.2, 0.25) is 0 Å². The molecule has 0 heterocycles. The Hall–Kier alpha value is -0.380. The van der Waals surface area contributed by atoms with Gasteiger partial charge in [-0.1, -0.05) is 30.2 Å². The third kappa shape index (κ3) is 3.30. The Labute approximate surface area is 110 Å². The highest BCUT2D eigenvalue weighted by atomic mass is 35.5. The minimum absolute atomic E-state index is 0.304. The van der Waals surface area contributed by atoms with Gasteiger partial charge in [0.15, 0.2) is 0 Å². The van der Waals surface area contributed by atoms with Crippen molar-refractivity contribution >= 4 is 22.4 Å². The van der Waals surface area contributed by atoms with Gasteiger partial charge >= 0.3 is 0 Å². The summed E-state index contributed by atoms with van der Waals surface area (Å²) in [5.74, 6) is 1.21. The molecule has 0 saturated heterocycles. The van der Waals surface area contributed by atoms with Gasteiger partial charge in [0.25, 0.3) is 0 Å². The molecule has 17 heavy (non-hydrogen) atoms. The summed E-state index contributed by atoms with van der Waals surface area (Å²) < 4.78 is 12.1. The van der Waals surface area contributed by atoms with Crippen molar-refractivity contribution in [1.29, 1.82) is 0 Å². The van der Waals surface area contributed by atoms with Crippen LogP contribution >= 0.6 is 11.6 Å². The van der Waals surface area contributed by atoms with Gasteiger partial charge in [-0.15, -0.1) is 0 Å². The van der Waals surface area contributed by atoms with Crippen molar-refractivity contribution < 1.29 is 4.21 Å². The van der Waals surface area contributed by atoms with E-state index in [9.17, 15) is 4.21 Å². The van der Waals surface area contributed by atoms with Crippen molar-refractivity contribution in [3.8, 4) is 0 Å². The van der Waals surface area contributed by atoms with Gasteiger partial charge in [0.1, 0.15) is 0 Å². The van der Waals surface area contributed by atoms with Gasteiger partial charge in [-0.25, -0.2) is 0 Å². The lowest BCUT2D eigenvalue weighted by Gasteiger charge is -2.14. The third-order valence-corrected chi connectivity index (χ3v) is 5.37. The Morgan fingerprint density at radius 2 is 2.12 bits per heavy atom. The highest BCUT2D eigenvalue weighted by Gasteiger charge is 2.24. The Morgan fingerprint density at radius 1 is 1.35 bits per heavy atom. The largest absolute Gasteiger partial charge is 0.327 e. The van der Waals surface area contributed by atoms with Crippen molar-refractivity contribution in [1.82, 2.24) is 0 Å². The van der Waals surface area contributed by atoms with E-state index in [2.05, 4.69) is 0 Å². The fourth-order valence-corrected chi connectivity index (χ4v) is 4.07. The predicted octanol–water partition coefficient (Wildman–Crippen LogP) is 2.97. The second-order valence-corrected chi connectivity index (χ2v) is 6.57. The van der Waals surface area contributed by atoms with E-state index < -0.39 is 10.8 Å². The fraction of sp³-hybridized carbons (Fsp3) is 0.538. The maximum atomic E-state index is 12.1. The molecule has 0 aromatic heterocycles. The average molecular weight is 272 g/mol. The van der Waals surface area contributed by atoms with E-state index in [-0.39, 0.29) is 0 Å². The molecule has 1 aliphatic rings. The lowest BCUT2D eigenvalue weighted by molar-refractivity contribution is 0.468. The predicted molar refractivity (Wildman–Crippen MR) is 72.7 cm³/mol. The van der Waals surface area contributed by atoms with Gasteiger partial charge in [-0.05, 0) is 37.3 Å². The average Bonchev–Trinajstić information content (AvgIpc) is 2.72. The molecule has 1 aliphatic carbocycles. The first-order valence-corrected chi connectivity index (χ1v) is 7.76. The number of hydrogen-bond acceptors (Lipinski definition) is 2. The summed E-state index contributed by atoms with van der Waals surface area (Å²) in [7, 11) is -0.993. The molecule has 1 fully saturated rings. The van der Waals surface area contributed by atoms with Crippen LogP contribution in [0.3, 0.4) is 0 Å². The van der Waals surface area contributed by atoms with Crippen molar-refractivity contribution in [3.63, 3.8) is 0 Å². The molecule has 0 bridgehead atoms. The molecular weight excluding hydrogens is 254 g/mol. The van der Waals surface area contributed by atoms with Crippen LogP contribution in [0.1, 0.15) is 25.7 Å². The molecule has 1 aromatic carbocycles. The van der Waals surface area contributed by atoms with E-state index in [1.54, 1.807) is 6.07 Å². The zero-order valence-electron chi connectivity index (χ0n) is 9.77. The first-order valence-electron chi connectivity index (χ1n) is 6.07. The van der Waals surface area contributed by atoms with Gasteiger partial charge < -0.3 is 5.73 Å². The summed E-state index contributed by atoms with van der Waals surface area (Å²) in [6.45, 7) is 0. The molecule has 3 unspecified atom stereocenters. The smallest absolute Gasteiger partial charge is 0.0574 e. The van der Waals surface area contributed by atoms with Crippen LogP contribution in [0.2, 0.25) is 5.02 Å². The van der Waals surface area contributed by atoms with E-state index in [0.717, 1.165) is 17.7 Å². The zero-order valence-corrected chi connectivity index (χ0v) is 11.3. The summed E-state index contributed by atoms with van der Waals surface area (Å²) in [5.41, 5.74) is 6.01. The number of rotatable bonds is 4. The zero-order chi connectivity index (χ0) is 12.3. The van der Waals surface area contributed by atoms with Crippen LogP contribution < -0.4 is 5.73 Å². The first-order chi connectivity index (χ1) is 8.18. The summed E-state index contributed by atoms with van der Waals surface area (Å²) in [6, 6.07) is 7.66. The summed E-state index contributed by atoms with van der Waals surface area (Å²) >= 11 is 6.03. The fourth-order valence-electron chi connectivity index (χ4n) is 2.42. The first kappa shape index (κ1) is 13.1. The second-order valence-electron chi connectivity index (χ2n) is 4.62. The maximum Gasteiger partial charge on any atom is 0.0574 e. The van der Waals surface area contributed by atoms with Crippen molar-refractivity contribution in [2.45, 2.75) is 36.6 Å². The van der Waals surface area contributed by atoms with Gasteiger partial charge in [-0.3, -0.25) is 4.21 Å². The molecule has 94 valence electrons. The van der Waals surface area contributed by atoms with Crippen molar-refractivity contribution in [2.75, 3.05) is 5.75 Å². The van der Waals surface area contributed by atoms with Crippen LogP contribution in [-0.4, -0.2) is 16.0 Å². The second kappa shape index (κ2) is 5.98. The van der Waals surface area contributed by atoms with Crippen LogP contribution in [0.15, 0.2) is 29.2 Å². The Bertz CT molecular complexity index is 410.